The summed E-state index contributed by atoms with van der Waals surface area (Å²) in [5.74, 6) is -0.621. The second-order valence-electron chi connectivity index (χ2n) is 4.28. The van der Waals surface area contributed by atoms with Crippen molar-refractivity contribution in [3.63, 3.8) is 0 Å². The van der Waals surface area contributed by atoms with Gasteiger partial charge < -0.3 is 20.3 Å². The van der Waals surface area contributed by atoms with Gasteiger partial charge in [-0.1, -0.05) is 0 Å². The van der Waals surface area contributed by atoms with Gasteiger partial charge >= 0.3 is 11.7 Å². The zero-order valence-electron chi connectivity index (χ0n) is 10.6. The van der Waals surface area contributed by atoms with Crippen LogP contribution in [0.4, 0.5) is 5.69 Å². The lowest BCUT2D eigenvalue weighted by atomic mass is 10.1. The molecule has 20 heavy (non-hydrogen) atoms. The van der Waals surface area contributed by atoms with Crippen LogP contribution in [0.25, 0.3) is 10.9 Å². The van der Waals surface area contributed by atoms with E-state index in [0.29, 0.717) is 17.8 Å². The second kappa shape index (κ2) is 4.12. The van der Waals surface area contributed by atoms with Crippen molar-refractivity contribution in [3.8, 4) is 11.5 Å². The minimum Gasteiger partial charge on any atom is -0.473 e. The minimum absolute atomic E-state index is 0.0195. The molecule has 1 aliphatic rings. The van der Waals surface area contributed by atoms with Crippen molar-refractivity contribution >= 4 is 22.6 Å². The lowest BCUT2D eigenvalue weighted by molar-refractivity contribution is -0.495. The molecular weight excluding hydrogens is 266 g/mol. The Hall–Kier alpha value is -2.77. The first-order valence-electron chi connectivity index (χ1n) is 5.95. The van der Waals surface area contributed by atoms with Crippen LogP contribution in [0.3, 0.4) is 0 Å². The molecule has 0 bridgehead atoms. The van der Waals surface area contributed by atoms with Gasteiger partial charge in [-0.05, 0) is 6.92 Å². The van der Waals surface area contributed by atoms with Crippen molar-refractivity contribution in [3.05, 3.63) is 22.0 Å². The zero-order valence-corrected chi connectivity index (χ0v) is 10.6. The van der Waals surface area contributed by atoms with E-state index in [0.717, 1.165) is 0 Å². The number of rotatable bonds is 2. The van der Waals surface area contributed by atoms with Gasteiger partial charge in [0.15, 0.2) is 11.5 Å². The molecule has 0 amide bonds. The van der Waals surface area contributed by atoms with E-state index in [-0.39, 0.29) is 23.6 Å². The molecule has 0 atom stereocenters. The largest absolute Gasteiger partial charge is 0.473 e. The summed E-state index contributed by atoms with van der Waals surface area (Å²) in [6.07, 6.45) is 0. The van der Waals surface area contributed by atoms with Crippen molar-refractivity contribution < 1.29 is 24.5 Å². The maximum atomic E-state index is 12.3. The number of aryl methyl sites for hydroxylation is 1. The van der Waals surface area contributed by atoms with Crippen LogP contribution in [0.5, 0.6) is 11.5 Å². The number of nitrogen functional groups attached to an aromatic ring is 1. The molecule has 104 valence electrons. The smallest absolute Gasteiger partial charge is 0.407 e. The van der Waals surface area contributed by atoms with E-state index >= 15 is 0 Å². The van der Waals surface area contributed by atoms with Gasteiger partial charge in [0.25, 0.3) is 5.43 Å². The summed E-state index contributed by atoms with van der Waals surface area (Å²) in [4.78, 5) is 23.4. The van der Waals surface area contributed by atoms with Crippen LogP contribution >= 0.6 is 0 Å². The molecule has 0 aliphatic carbocycles. The summed E-state index contributed by atoms with van der Waals surface area (Å²) >= 11 is 0. The average molecular weight is 278 g/mol. The van der Waals surface area contributed by atoms with Crippen LogP contribution in [-0.4, -0.2) is 22.6 Å². The topological polar surface area (TPSA) is 118 Å². The van der Waals surface area contributed by atoms with Crippen molar-refractivity contribution in [1.29, 1.82) is 0 Å². The standard InChI is InChI=1S/C12H11N3O5/c1-2-15-5-3-6-11(20-4-19-6)8(13)7(5)10(16)9(14-15)12(17)18/h3H,2,4,13H2,1H3,(H,17,18)/p+1. The fourth-order valence-corrected chi connectivity index (χ4v) is 2.27. The second-order valence-corrected chi connectivity index (χ2v) is 4.28. The molecule has 1 aromatic carbocycles. The molecular formula is C12H12N3O5+. The number of hydrogen-bond acceptors (Lipinski definition) is 5. The van der Waals surface area contributed by atoms with Crippen molar-refractivity contribution in [1.82, 2.24) is 4.68 Å². The number of carboxylic acids is 1. The molecule has 2 heterocycles. The molecule has 1 aliphatic heterocycles. The lowest BCUT2D eigenvalue weighted by Crippen LogP contribution is -2.37. The van der Waals surface area contributed by atoms with Crippen LogP contribution in [0.15, 0.2) is 10.9 Å². The van der Waals surface area contributed by atoms with Gasteiger partial charge in [0, 0.05) is 6.07 Å². The summed E-state index contributed by atoms with van der Waals surface area (Å²) in [5, 5.41) is 11.8. The highest BCUT2D eigenvalue weighted by molar-refractivity contribution is 5.98. The lowest BCUT2D eigenvalue weighted by Gasteiger charge is -2.08. The quantitative estimate of drug-likeness (QED) is 0.737. The monoisotopic (exact) mass is 278 g/mol. The normalized spacial score (nSPS) is 12.8. The summed E-state index contributed by atoms with van der Waals surface area (Å²) in [7, 11) is 0. The van der Waals surface area contributed by atoms with E-state index in [4.69, 9.17) is 20.3 Å². The van der Waals surface area contributed by atoms with Gasteiger partial charge in [0.1, 0.15) is 5.52 Å². The molecule has 0 saturated carbocycles. The Morgan fingerprint density at radius 1 is 1.55 bits per heavy atom. The minimum atomic E-state index is -1.34. The van der Waals surface area contributed by atoms with Crippen LogP contribution in [0.2, 0.25) is 0 Å². The highest BCUT2D eigenvalue weighted by atomic mass is 16.7. The Labute approximate surface area is 112 Å². The number of hydrogen-bond donors (Lipinski definition) is 2. The maximum absolute atomic E-state index is 12.3. The number of aromatic nitrogens is 2. The third-order valence-electron chi connectivity index (χ3n) is 3.20. The number of nitrogens with two attached hydrogens (primary N) is 1. The van der Waals surface area contributed by atoms with E-state index in [1.165, 1.54) is 4.68 Å². The molecule has 0 unspecified atom stereocenters. The van der Waals surface area contributed by atoms with Gasteiger partial charge in [-0.15, -0.1) is 5.10 Å². The third kappa shape index (κ3) is 1.51. The van der Waals surface area contributed by atoms with Crippen molar-refractivity contribution in [2.75, 3.05) is 12.5 Å². The number of carbonyl (C=O) groups is 1. The molecule has 8 heteroatoms. The maximum Gasteiger partial charge on any atom is 0.407 e. The molecule has 0 radical (unpaired) electrons. The predicted molar refractivity (Wildman–Crippen MR) is 67.9 cm³/mol. The summed E-state index contributed by atoms with van der Waals surface area (Å²) < 4.78 is 12.0. The number of fused-ring (bicyclic) bond motifs is 2. The predicted octanol–water partition coefficient (Wildman–Crippen LogP) is -0.155. The molecule has 0 saturated heterocycles. The van der Waals surface area contributed by atoms with Crippen LogP contribution in [-0.2, 0) is 6.54 Å². The number of aromatic amines is 1. The summed E-state index contributed by atoms with van der Waals surface area (Å²) in [6.45, 7) is 2.27. The first-order valence-corrected chi connectivity index (χ1v) is 5.95. The van der Waals surface area contributed by atoms with Gasteiger partial charge in [0.05, 0.1) is 17.6 Å². The van der Waals surface area contributed by atoms with E-state index in [9.17, 15) is 9.59 Å². The molecule has 0 fully saturated rings. The highest BCUT2D eigenvalue weighted by Crippen LogP contribution is 2.41. The van der Waals surface area contributed by atoms with Gasteiger partial charge in [-0.25, -0.2) is 4.79 Å². The van der Waals surface area contributed by atoms with Gasteiger partial charge in [-0.2, -0.15) is 4.68 Å². The molecule has 3 rings (SSSR count). The van der Waals surface area contributed by atoms with E-state index in [1.807, 2.05) is 6.92 Å². The number of nitrogens with zero attached hydrogens (tertiary/aromatic N) is 1. The van der Waals surface area contributed by atoms with E-state index in [1.54, 1.807) is 6.07 Å². The molecule has 8 nitrogen and oxygen atoms in total. The number of nitrogens with one attached hydrogen (secondary N) is 1. The number of H-pyrrole nitrogens is 1. The number of anilines is 1. The zero-order chi connectivity index (χ0) is 14.4. The SMILES string of the molecule is CCn1[nH+]c(C(=O)O)c(=O)c2c(N)c3c(cc21)OCO3. The Kier molecular flexibility index (Phi) is 2.53. The molecule has 1 aromatic heterocycles. The molecule has 0 spiro atoms. The Morgan fingerprint density at radius 2 is 2.30 bits per heavy atom. The summed E-state index contributed by atoms with van der Waals surface area (Å²) in [6, 6.07) is 1.61. The Morgan fingerprint density at radius 3 is 2.95 bits per heavy atom. The van der Waals surface area contributed by atoms with Crippen LogP contribution in [0.1, 0.15) is 17.4 Å². The molecule has 4 N–H and O–H groups in total. The highest BCUT2D eigenvalue weighted by Gasteiger charge is 2.28. The van der Waals surface area contributed by atoms with Crippen LogP contribution < -0.4 is 25.7 Å². The summed E-state index contributed by atoms with van der Waals surface area (Å²) in [5.41, 5.74) is 5.40. The number of benzene rings is 1. The third-order valence-corrected chi connectivity index (χ3v) is 3.20. The average Bonchev–Trinajstić information content (AvgIpc) is 2.87. The number of ether oxygens (including phenoxy) is 2. The van der Waals surface area contributed by atoms with E-state index < -0.39 is 17.1 Å². The Bertz CT molecular complexity index is 796. The molecule has 2 aromatic rings. The number of aromatic carboxylic acids is 1. The van der Waals surface area contributed by atoms with Crippen molar-refractivity contribution in [2.45, 2.75) is 13.5 Å². The Balaban J connectivity index is 2.51. The van der Waals surface area contributed by atoms with Crippen molar-refractivity contribution in [2.24, 2.45) is 0 Å². The fourth-order valence-electron chi connectivity index (χ4n) is 2.27. The van der Waals surface area contributed by atoms with Crippen LogP contribution in [0, 0.1) is 0 Å². The first kappa shape index (κ1) is 12.3. The fraction of sp³-hybridized carbons (Fsp3) is 0.250. The first-order chi connectivity index (χ1) is 9.54. The van der Waals surface area contributed by atoms with Gasteiger partial charge in [-0.3, -0.25) is 4.79 Å². The van der Waals surface area contributed by atoms with E-state index in [2.05, 4.69) is 5.10 Å². The van der Waals surface area contributed by atoms with Gasteiger partial charge in [0.2, 0.25) is 6.79 Å². The number of carboxylic acid groups (broad SMARTS) is 1.